The van der Waals surface area contributed by atoms with Crippen LogP contribution in [-0.4, -0.2) is 35.2 Å². The Morgan fingerprint density at radius 2 is 1.82 bits per heavy atom. The van der Waals surface area contributed by atoms with Crippen molar-refractivity contribution in [2.75, 3.05) is 31.2 Å². The van der Waals surface area contributed by atoms with Crippen LogP contribution < -0.4 is 11.0 Å². The van der Waals surface area contributed by atoms with Gasteiger partial charge in [-0.1, -0.05) is 12.5 Å². The highest BCUT2D eigenvalue weighted by Crippen LogP contribution is 2.29. The number of hydrogen-bond acceptors (Lipinski definition) is 4. The SMILES string of the molecule is Br.Br.Br.Nc1ccc([P]N2CCCCC2)cc1SCCCO. The summed E-state index contributed by atoms with van der Waals surface area (Å²) in [6.45, 7) is 2.66. The van der Waals surface area contributed by atoms with Gasteiger partial charge in [0.05, 0.1) is 0 Å². The smallest absolute Gasteiger partial charge is 0.0452 e. The summed E-state index contributed by atoms with van der Waals surface area (Å²) in [6, 6.07) is 6.34. The van der Waals surface area contributed by atoms with Gasteiger partial charge < -0.3 is 10.8 Å². The Labute approximate surface area is 171 Å². The van der Waals surface area contributed by atoms with Crippen molar-refractivity contribution in [3.63, 3.8) is 0 Å². The first-order valence-electron chi connectivity index (χ1n) is 6.89. The number of nitrogens with two attached hydrogens (primary N) is 1. The molecular formula is C14H25Br3N2OPS. The molecule has 0 aromatic heterocycles. The fourth-order valence-corrected chi connectivity index (χ4v) is 4.26. The molecule has 1 fully saturated rings. The van der Waals surface area contributed by atoms with Crippen molar-refractivity contribution in [2.24, 2.45) is 0 Å². The quantitative estimate of drug-likeness (QED) is 0.243. The lowest BCUT2D eigenvalue weighted by Gasteiger charge is -2.25. The molecule has 0 atom stereocenters. The molecule has 8 heteroatoms. The van der Waals surface area contributed by atoms with Crippen LogP contribution in [0.5, 0.6) is 0 Å². The number of aliphatic hydroxyl groups is 1. The lowest BCUT2D eigenvalue weighted by Crippen LogP contribution is -2.24. The van der Waals surface area contributed by atoms with Crippen LogP contribution in [0.2, 0.25) is 0 Å². The molecule has 0 aliphatic carbocycles. The Morgan fingerprint density at radius 3 is 2.45 bits per heavy atom. The molecule has 1 aromatic rings. The second-order valence-electron chi connectivity index (χ2n) is 4.76. The maximum atomic E-state index is 8.83. The standard InChI is InChI=1S/C14H22N2OPS.3BrH/c15-13-6-5-12(11-14(13)19-10-4-9-17)18-16-7-2-1-3-8-16;;;/h5-6,11,17H,1-4,7-10,15H2;3*1H. The van der Waals surface area contributed by atoms with E-state index in [1.807, 2.05) is 6.07 Å². The van der Waals surface area contributed by atoms with Crippen molar-refractivity contribution in [3.05, 3.63) is 18.2 Å². The van der Waals surface area contributed by atoms with Gasteiger partial charge in [0.25, 0.3) is 0 Å². The first-order valence-corrected chi connectivity index (χ1v) is 8.72. The Bertz CT molecular complexity index is 410. The Kier molecular flexibility index (Phi) is 16.7. The van der Waals surface area contributed by atoms with Gasteiger partial charge in [-0.3, -0.25) is 4.67 Å². The van der Waals surface area contributed by atoms with Crippen molar-refractivity contribution < 1.29 is 5.11 Å². The minimum absolute atomic E-state index is 0. The van der Waals surface area contributed by atoms with Gasteiger partial charge in [0, 0.05) is 44.8 Å². The normalized spacial score (nSPS) is 15.0. The van der Waals surface area contributed by atoms with Crippen LogP contribution in [0, 0.1) is 0 Å². The molecule has 1 heterocycles. The summed E-state index contributed by atoms with van der Waals surface area (Å²) in [5, 5.41) is 10.2. The molecule has 1 aliphatic heterocycles. The summed E-state index contributed by atoms with van der Waals surface area (Å²) in [7, 11) is 1.30. The second-order valence-corrected chi connectivity index (χ2v) is 7.18. The van der Waals surface area contributed by atoms with E-state index in [-0.39, 0.29) is 57.6 Å². The highest BCUT2D eigenvalue weighted by molar-refractivity contribution is 8.93. The first-order chi connectivity index (χ1) is 9.29. The number of nitrogen functional groups attached to an aromatic ring is 1. The lowest BCUT2D eigenvalue weighted by molar-refractivity contribution is 0.296. The minimum Gasteiger partial charge on any atom is -0.398 e. The molecule has 0 unspecified atom stereocenters. The lowest BCUT2D eigenvalue weighted by atomic mass is 10.2. The molecule has 0 saturated carbocycles. The summed E-state index contributed by atoms with van der Waals surface area (Å²) >= 11 is 1.74. The Hall–Kier alpha value is 1.16. The largest absolute Gasteiger partial charge is 0.398 e. The third-order valence-corrected chi connectivity index (χ3v) is 5.50. The molecular weight excluding hydrogens is 515 g/mol. The van der Waals surface area contributed by atoms with Crippen molar-refractivity contribution in [1.82, 2.24) is 4.67 Å². The topological polar surface area (TPSA) is 49.5 Å². The van der Waals surface area contributed by atoms with E-state index < -0.39 is 0 Å². The number of nitrogens with zero attached hydrogens (tertiary/aromatic N) is 1. The van der Waals surface area contributed by atoms with Gasteiger partial charge in [0.15, 0.2) is 0 Å². The first kappa shape index (κ1) is 25.4. The number of thioether (sulfide) groups is 1. The van der Waals surface area contributed by atoms with Gasteiger partial charge in [0.2, 0.25) is 0 Å². The summed E-state index contributed by atoms with van der Waals surface area (Å²) in [4.78, 5) is 1.15. The van der Waals surface area contributed by atoms with Crippen molar-refractivity contribution in [2.45, 2.75) is 30.6 Å². The molecule has 22 heavy (non-hydrogen) atoms. The van der Waals surface area contributed by atoms with Crippen molar-refractivity contribution in [1.29, 1.82) is 0 Å². The number of benzene rings is 1. The molecule has 3 N–H and O–H groups in total. The maximum absolute atomic E-state index is 8.83. The van der Waals surface area contributed by atoms with Crippen LogP contribution in [-0.2, 0) is 0 Å². The van der Waals surface area contributed by atoms with Crippen LogP contribution in [0.25, 0.3) is 0 Å². The average molecular weight is 540 g/mol. The van der Waals surface area contributed by atoms with Crippen LogP contribution >= 0.6 is 71.4 Å². The molecule has 1 aromatic carbocycles. The predicted octanol–water partition coefficient (Wildman–Crippen LogP) is 4.45. The number of halogens is 3. The van der Waals surface area contributed by atoms with E-state index in [2.05, 4.69) is 16.8 Å². The zero-order valence-corrected chi connectivity index (χ0v) is 19.3. The summed E-state index contributed by atoms with van der Waals surface area (Å²) in [5.74, 6) is 0.921. The summed E-state index contributed by atoms with van der Waals surface area (Å²) in [6.07, 6.45) is 4.83. The number of aliphatic hydroxyl groups excluding tert-OH is 1. The molecule has 1 radical (unpaired) electrons. The zero-order valence-electron chi connectivity index (χ0n) is 12.4. The van der Waals surface area contributed by atoms with Gasteiger partial charge in [-0.05, 0) is 36.7 Å². The monoisotopic (exact) mass is 537 g/mol. The fraction of sp³-hybridized carbons (Fsp3) is 0.571. The van der Waals surface area contributed by atoms with Crippen molar-refractivity contribution >= 4 is 82.4 Å². The molecule has 0 bridgehead atoms. The highest BCUT2D eigenvalue weighted by Gasteiger charge is 2.12. The van der Waals surface area contributed by atoms with E-state index in [0.29, 0.717) is 0 Å². The number of rotatable bonds is 6. The molecule has 1 aliphatic rings. The maximum Gasteiger partial charge on any atom is 0.0452 e. The molecule has 0 spiro atoms. The van der Waals surface area contributed by atoms with Gasteiger partial charge >= 0.3 is 0 Å². The van der Waals surface area contributed by atoms with Crippen molar-refractivity contribution in [3.8, 4) is 0 Å². The molecule has 0 amide bonds. The predicted molar refractivity (Wildman–Crippen MR) is 116 cm³/mol. The fourth-order valence-electron chi connectivity index (χ4n) is 2.10. The van der Waals surface area contributed by atoms with Crippen LogP contribution in [0.3, 0.4) is 0 Å². The molecule has 129 valence electrons. The Morgan fingerprint density at radius 1 is 1.14 bits per heavy atom. The molecule has 1 saturated heterocycles. The van der Waals surface area contributed by atoms with Crippen LogP contribution in [0.15, 0.2) is 23.1 Å². The zero-order chi connectivity index (χ0) is 13.5. The number of piperidine rings is 1. The second kappa shape index (κ2) is 14.5. The third kappa shape index (κ3) is 8.86. The number of hydrogen-bond donors (Lipinski definition) is 2. The van der Waals surface area contributed by atoms with Gasteiger partial charge in [-0.15, -0.1) is 62.7 Å². The number of anilines is 1. The van der Waals surface area contributed by atoms with E-state index in [4.69, 9.17) is 10.8 Å². The van der Waals surface area contributed by atoms with Gasteiger partial charge in [0.1, 0.15) is 0 Å². The third-order valence-electron chi connectivity index (χ3n) is 3.15. The Balaban J connectivity index is 0. The molecule has 3 nitrogen and oxygen atoms in total. The highest BCUT2D eigenvalue weighted by atomic mass is 79.9. The van der Waals surface area contributed by atoms with E-state index >= 15 is 0 Å². The van der Waals surface area contributed by atoms with E-state index in [1.165, 1.54) is 46.4 Å². The van der Waals surface area contributed by atoms with Crippen LogP contribution in [0.4, 0.5) is 5.69 Å². The summed E-state index contributed by atoms with van der Waals surface area (Å²) in [5.41, 5.74) is 6.85. The average Bonchev–Trinajstić information content (AvgIpc) is 2.44. The van der Waals surface area contributed by atoms with E-state index in [1.54, 1.807) is 11.8 Å². The van der Waals surface area contributed by atoms with Gasteiger partial charge in [-0.2, -0.15) is 0 Å². The van der Waals surface area contributed by atoms with Gasteiger partial charge in [-0.25, -0.2) is 0 Å². The molecule has 2 rings (SSSR count). The van der Waals surface area contributed by atoms with Crippen LogP contribution in [0.1, 0.15) is 25.7 Å². The summed E-state index contributed by atoms with van der Waals surface area (Å²) < 4.78 is 2.50. The minimum atomic E-state index is 0. The van der Waals surface area contributed by atoms with E-state index in [0.717, 1.165) is 22.8 Å². The van der Waals surface area contributed by atoms with E-state index in [9.17, 15) is 0 Å².